The summed E-state index contributed by atoms with van der Waals surface area (Å²) in [5, 5.41) is 19.3. The topological polar surface area (TPSA) is 83.7 Å². The molecule has 0 aromatic heterocycles. The standard InChI is InChI=1S/C12H15BrN2O4/c1-2-14(6-5-12(16)17)8-9-3-4-10(15(18)19)7-11(9)13/h3-4,7H,2,5-6,8H2,1H3,(H,16,17). The molecular formula is C12H15BrN2O4. The fraction of sp³-hybridized carbons (Fsp3) is 0.417. The van der Waals surface area contributed by atoms with Gasteiger partial charge in [-0.25, -0.2) is 0 Å². The molecule has 6 nitrogen and oxygen atoms in total. The fourth-order valence-corrected chi connectivity index (χ4v) is 2.11. The van der Waals surface area contributed by atoms with Crippen molar-refractivity contribution >= 4 is 27.6 Å². The highest BCUT2D eigenvalue weighted by molar-refractivity contribution is 9.10. The van der Waals surface area contributed by atoms with Crippen molar-refractivity contribution in [2.45, 2.75) is 19.9 Å². The zero-order valence-electron chi connectivity index (χ0n) is 10.5. The van der Waals surface area contributed by atoms with Gasteiger partial charge in [0.2, 0.25) is 0 Å². The summed E-state index contributed by atoms with van der Waals surface area (Å²) >= 11 is 3.31. The van der Waals surface area contributed by atoms with E-state index in [4.69, 9.17) is 5.11 Å². The Hall–Kier alpha value is -1.47. The highest BCUT2D eigenvalue weighted by Gasteiger charge is 2.12. The van der Waals surface area contributed by atoms with Crippen LogP contribution >= 0.6 is 15.9 Å². The first-order valence-corrected chi connectivity index (χ1v) is 6.60. The van der Waals surface area contributed by atoms with Gasteiger partial charge < -0.3 is 5.11 Å². The van der Waals surface area contributed by atoms with Crippen LogP contribution in [0.3, 0.4) is 0 Å². The van der Waals surface area contributed by atoms with Crippen LogP contribution in [0.15, 0.2) is 22.7 Å². The zero-order chi connectivity index (χ0) is 14.4. The van der Waals surface area contributed by atoms with Crippen molar-refractivity contribution in [2.24, 2.45) is 0 Å². The number of non-ortho nitro benzene ring substituents is 1. The maximum atomic E-state index is 10.6. The second-order valence-electron chi connectivity index (χ2n) is 4.05. The van der Waals surface area contributed by atoms with Crippen LogP contribution in [-0.2, 0) is 11.3 Å². The first kappa shape index (κ1) is 15.6. The van der Waals surface area contributed by atoms with Crippen molar-refractivity contribution in [1.82, 2.24) is 4.90 Å². The quantitative estimate of drug-likeness (QED) is 0.613. The molecule has 0 saturated carbocycles. The molecule has 0 aliphatic heterocycles. The second kappa shape index (κ2) is 7.20. The molecule has 19 heavy (non-hydrogen) atoms. The molecule has 1 aromatic rings. The Morgan fingerprint density at radius 3 is 2.68 bits per heavy atom. The molecule has 0 fully saturated rings. The van der Waals surface area contributed by atoms with Crippen LogP contribution in [0.1, 0.15) is 18.9 Å². The van der Waals surface area contributed by atoms with E-state index in [1.54, 1.807) is 6.07 Å². The average Bonchev–Trinajstić information content (AvgIpc) is 2.35. The van der Waals surface area contributed by atoms with Crippen molar-refractivity contribution in [3.8, 4) is 0 Å². The van der Waals surface area contributed by atoms with Crippen LogP contribution in [-0.4, -0.2) is 34.0 Å². The van der Waals surface area contributed by atoms with Crippen LogP contribution in [0.2, 0.25) is 0 Å². The summed E-state index contributed by atoms with van der Waals surface area (Å²) in [7, 11) is 0. The maximum absolute atomic E-state index is 10.6. The van der Waals surface area contributed by atoms with E-state index < -0.39 is 10.9 Å². The second-order valence-corrected chi connectivity index (χ2v) is 4.90. The number of aliphatic carboxylic acids is 1. The molecule has 0 unspecified atom stereocenters. The van der Waals surface area contributed by atoms with E-state index in [2.05, 4.69) is 15.9 Å². The van der Waals surface area contributed by atoms with E-state index in [0.29, 0.717) is 17.6 Å². The van der Waals surface area contributed by atoms with Gasteiger partial charge in [0.15, 0.2) is 0 Å². The molecule has 0 radical (unpaired) electrons. The summed E-state index contributed by atoms with van der Waals surface area (Å²) in [6, 6.07) is 4.59. The molecule has 7 heteroatoms. The van der Waals surface area contributed by atoms with Crippen molar-refractivity contribution in [1.29, 1.82) is 0 Å². The molecule has 0 bridgehead atoms. The van der Waals surface area contributed by atoms with Gasteiger partial charge in [-0.2, -0.15) is 0 Å². The minimum atomic E-state index is -0.832. The van der Waals surface area contributed by atoms with Crippen molar-refractivity contribution in [3.05, 3.63) is 38.3 Å². The number of hydrogen-bond acceptors (Lipinski definition) is 4. The van der Waals surface area contributed by atoms with E-state index >= 15 is 0 Å². The Morgan fingerprint density at radius 2 is 2.21 bits per heavy atom. The summed E-state index contributed by atoms with van der Waals surface area (Å²) in [5.41, 5.74) is 0.932. The third-order valence-electron chi connectivity index (χ3n) is 2.73. The molecule has 1 rings (SSSR count). The van der Waals surface area contributed by atoms with Gasteiger partial charge in [0.05, 0.1) is 11.3 Å². The number of carboxylic acid groups (broad SMARTS) is 1. The molecule has 0 aliphatic carbocycles. The van der Waals surface area contributed by atoms with Gasteiger partial charge in [0, 0.05) is 29.7 Å². The van der Waals surface area contributed by atoms with E-state index in [1.165, 1.54) is 12.1 Å². The van der Waals surface area contributed by atoms with Crippen molar-refractivity contribution in [2.75, 3.05) is 13.1 Å². The smallest absolute Gasteiger partial charge is 0.304 e. The van der Waals surface area contributed by atoms with Gasteiger partial charge in [-0.3, -0.25) is 19.8 Å². The highest BCUT2D eigenvalue weighted by atomic mass is 79.9. The normalized spacial score (nSPS) is 10.7. The molecule has 0 heterocycles. The summed E-state index contributed by atoms with van der Waals surface area (Å²) in [6.45, 7) is 3.68. The lowest BCUT2D eigenvalue weighted by Gasteiger charge is -2.20. The molecule has 1 aromatic carbocycles. The van der Waals surface area contributed by atoms with Gasteiger partial charge in [0.25, 0.3) is 5.69 Å². The monoisotopic (exact) mass is 330 g/mol. The average molecular weight is 331 g/mol. The molecule has 1 N–H and O–H groups in total. The lowest BCUT2D eigenvalue weighted by Crippen LogP contribution is -2.25. The lowest BCUT2D eigenvalue weighted by atomic mass is 10.2. The predicted molar refractivity (Wildman–Crippen MR) is 74.0 cm³/mol. The molecule has 0 saturated heterocycles. The first-order valence-electron chi connectivity index (χ1n) is 5.81. The molecule has 0 spiro atoms. The molecule has 0 aliphatic rings. The van der Waals surface area contributed by atoms with Gasteiger partial charge in [-0.1, -0.05) is 22.9 Å². The number of rotatable bonds is 7. The number of nitro groups is 1. The van der Waals surface area contributed by atoms with Crippen LogP contribution in [0, 0.1) is 10.1 Å². The first-order chi connectivity index (χ1) is 8.93. The minimum Gasteiger partial charge on any atom is -0.481 e. The Labute approximate surface area is 119 Å². The molecule has 104 valence electrons. The van der Waals surface area contributed by atoms with Crippen molar-refractivity contribution < 1.29 is 14.8 Å². The zero-order valence-corrected chi connectivity index (χ0v) is 12.1. The highest BCUT2D eigenvalue weighted by Crippen LogP contribution is 2.24. The largest absolute Gasteiger partial charge is 0.481 e. The van der Waals surface area contributed by atoms with Gasteiger partial charge in [-0.05, 0) is 18.2 Å². The number of halogens is 1. The summed E-state index contributed by atoms with van der Waals surface area (Å²) in [5.74, 6) is -0.832. The SMILES string of the molecule is CCN(CCC(=O)O)Cc1ccc([N+](=O)[O-])cc1Br. The minimum absolute atomic E-state index is 0.0317. The maximum Gasteiger partial charge on any atom is 0.304 e. The number of carboxylic acids is 1. The molecule has 0 atom stereocenters. The van der Waals surface area contributed by atoms with Crippen molar-refractivity contribution in [3.63, 3.8) is 0 Å². The lowest BCUT2D eigenvalue weighted by molar-refractivity contribution is -0.384. The number of benzene rings is 1. The van der Waals surface area contributed by atoms with Crippen LogP contribution in [0.4, 0.5) is 5.69 Å². The molecular weight excluding hydrogens is 316 g/mol. The Kier molecular flexibility index (Phi) is 5.91. The summed E-state index contributed by atoms with van der Waals surface area (Å²) < 4.78 is 0.662. The van der Waals surface area contributed by atoms with Gasteiger partial charge in [-0.15, -0.1) is 0 Å². The van der Waals surface area contributed by atoms with E-state index in [-0.39, 0.29) is 12.1 Å². The predicted octanol–water partition coefficient (Wildman–Crippen LogP) is 2.65. The third kappa shape index (κ3) is 4.96. The van der Waals surface area contributed by atoms with Crippen LogP contribution in [0.25, 0.3) is 0 Å². The Morgan fingerprint density at radius 1 is 1.53 bits per heavy atom. The van der Waals surface area contributed by atoms with E-state index in [1.807, 2.05) is 11.8 Å². The van der Waals surface area contributed by atoms with Gasteiger partial charge >= 0.3 is 5.97 Å². The van der Waals surface area contributed by atoms with Gasteiger partial charge in [0.1, 0.15) is 0 Å². The number of nitrogens with zero attached hydrogens (tertiary/aromatic N) is 2. The van der Waals surface area contributed by atoms with E-state index in [0.717, 1.165) is 12.1 Å². The number of nitro benzene ring substituents is 1. The van der Waals surface area contributed by atoms with E-state index in [9.17, 15) is 14.9 Å². The third-order valence-corrected chi connectivity index (χ3v) is 3.47. The summed E-state index contributed by atoms with van der Waals surface area (Å²) in [6.07, 6.45) is 0.0818. The Bertz CT molecular complexity index is 479. The molecule has 0 amide bonds. The van der Waals surface area contributed by atoms with Crippen LogP contribution in [0.5, 0.6) is 0 Å². The fourth-order valence-electron chi connectivity index (χ4n) is 1.62. The number of carbonyl (C=O) groups is 1. The number of hydrogen-bond donors (Lipinski definition) is 1. The van der Waals surface area contributed by atoms with Crippen LogP contribution < -0.4 is 0 Å². The Balaban J connectivity index is 2.74. The summed E-state index contributed by atoms with van der Waals surface area (Å²) in [4.78, 5) is 22.7.